The molecule has 5 nitrogen and oxygen atoms in total. The molecule has 0 aliphatic rings. The Morgan fingerprint density at radius 3 is 1.93 bits per heavy atom. The summed E-state index contributed by atoms with van der Waals surface area (Å²) in [5.74, 6) is -0.796. The first kappa shape index (κ1) is 26.6. The topological polar surface area (TPSA) is 72.8 Å². The lowest BCUT2D eigenvalue weighted by molar-refractivity contribution is -0.159. The van der Waals surface area contributed by atoms with Crippen molar-refractivity contribution in [3.63, 3.8) is 0 Å². The van der Waals surface area contributed by atoms with Crippen LogP contribution in [0.5, 0.6) is 0 Å². The first-order valence-electron chi connectivity index (χ1n) is 11.2. The summed E-state index contributed by atoms with van der Waals surface area (Å²) < 4.78 is 9.84. The lowest BCUT2D eigenvalue weighted by Crippen LogP contribution is -2.27. The molecule has 0 saturated heterocycles. The molecule has 0 aliphatic heterocycles. The number of carbonyl (C=O) groups is 2. The third-order valence-corrected chi connectivity index (χ3v) is 4.61. The summed E-state index contributed by atoms with van der Waals surface area (Å²) in [5.41, 5.74) is 0. The van der Waals surface area contributed by atoms with Gasteiger partial charge in [0, 0.05) is 13.3 Å². The van der Waals surface area contributed by atoms with E-state index in [0.717, 1.165) is 25.7 Å². The van der Waals surface area contributed by atoms with Gasteiger partial charge in [0.25, 0.3) is 0 Å². The fourth-order valence-corrected chi connectivity index (χ4v) is 2.96. The maximum atomic E-state index is 11.6. The molecule has 0 aliphatic carbocycles. The zero-order chi connectivity index (χ0) is 20.9. The molecule has 0 aromatic heterocycles. The van der Waals surface area contributed by atoms with Crippen LogP contribution in [0.15, 0.2) is 12.2 Å². The minimum absolute atomic E-state index is 0.0833. The Morgan fingerprint density at radius 2 is 1.39 bits per heavy atom. The van der Waals surface area contributed by atoms with Gasteiger partial charge in [0.2, 0.25) is 0 Å². The second kappa shape index (κ2) is 20.4. The van der Waals surface area contributed by atoms with Crippen LogP contribution in [0.3, 0.4) is 0 Å². The molecule has 0 rings (SSSR count). The second-order valence-electron chi connectivity index (χ2n) is 7.43. The van der Waals surface area contributed by atoms with E-state index in [9.17, 15) is 9.59 Å². The first-order valence-corrected chi connectivity index (χ1v) is 11.2. The Bertz CT molecular complexity index is 406. The number of aliphatic hydroxyl groups excluding tert-OH is 1. The van der Waals surface area contributed by atoms with Gasteiger partial charge in [-0.3, -0.25) is 9.59 Å². The van der Waals surface area contributed by atoms with Crippen molar-refractivity contribution in [1.82, 2.24) is 0 Å². The number of unbranched alkanes of at least 4 members (excludes halogenated alkanes) is 11. The van der Waals surface area contributed by atoms with E-state index in [-0.39, 0.29) is 19.2 Å². The minimum Gasteiger partial charge on any atom is -0.462 e. The van der Waals surface area contributed by atoms with Crippen LogP contribution in [0, 0.1) is 0 Å². The molecule has 5 heteroatoms. The van der Waals surface area contributed by atoms with Crippen molar-refractivity contribution in [2.24, 2.45) is 0 Å². The second-order valence-corrected chi connectivity index (χ2v) is 7.43. The van der Waals surface area contributed by atoms with E-state index in [1.54, 1.807) is 0 Å². The number of allylic oxidation sites excluding steroid dienone is 2. The summed E-state index contributed by atoms with van der Waals surface area (Å²) in [6, 6.07) is 0. The molecule has 1 N–H and O–H groups in total. The van der Waals surface area contributed by atoms with Gasteiger partial charge in [0.15, 0.2) is 6.10 Å². The third-order valence-electron chi connectivity index (χ3n) is 4.61. The van der Waals surface area contributed by atoms with Crippen LogP contribution in [0.1, 0.15) is 104 Å². The number of hydrogen-bond acceptors (Lipinski definition) is 5. The van der Waals surface area contributed by atoms with Gasteiger partial charge in [-0.15, -0.1) is 0 Å². The Kier molecular flexibility index (Phi) is 19.4. The normalized spacial score (nSPS) is 12.2. The molecule has 0 spiro atoms. The van der Waals surface area contributed by atoms with Gasteiger partial charge in [-0.25, -0.2) is 0 Å². The fraction of sp³-hybridized carbons (Fsp3) is 0.826. The summed E-state index contributed by atoms with van der Waals surface area (Å²) in [6.45, 7) is 3.08. The summed E-state index contributed by atoms with van der Waals surface area (Å²) in [5, 5.41) is 9.03. The largest absolute Gasteiger partial charge is 0.462 e. The molecular formula is C23H42O5. The molecule has 0 aromatic carbocycles. The van der Waals surface area contributed by atoms with Crippen molar-refractivity contribution in [3.8, 4) is 0 Å². The van der Waals surface area contributed by atoms with Gasteiger partial charge in [-0.05, 0) is 32.1 Å². The van der Waals surface area contributed by atoms with Gasteiger partial charge in [-0.2, -0.15) is 0 Å². The fourth-order valence-electron chi connectivity index (χ4n) is 2.96. The smallest absolute Gasteiger partial charge is 0.305 e. The molecular weight excluding hydrogens is 356 g/mol. The van der Waals surface area contributed by atoms with Gasteiger partial charge in [0.05, 0.1) is 6.61 Å². The van der Waals surface area contributed by atoms with Gasteiger partial charge < -0.3 is 14.6 Å². The van der Waals surface area contributed by atoms with E-state index in [2.05, 4.69) is 19.1 Å². The monoisotopic (exact) mass is 398 g/mol. The molecule has 0 saturated carbocycles. The average molecular weight is 399 g/mol. The van der Waals surface area contributed by atoms with E-state index in [1.165, 1.54) is 64.7 Å². The van der Waals surface area contributed by atoms with Crippen LogP contribution in [-0.2, 0) is 19.1 Å². The van der Waals surface area contributed by atoms with Gasteiger partial charge in [0.1, 0.15) is 6.61 Å². The molecule has 0 bridgehead atoms. The Labute approximate surface area is 171 Å². The van der Waals surface area contributed by atoms with Crippen molar-refractivity contribution < 1.29 is 24.2 Å². The van der Waals surface area contributed by atoms with Crippen LogP contribution in [0.2, 0.25) is 0 Å². The molecule has 0 unspecified atom stereocenters. The van der Waals surface area contributed by atoms with Crippen molar-refractivity contribution >= 4 is 11.9 Å². The highest BCUT2D eigenvalue weighted by molar-refractivity contribution is 5.69. The lowest BCUT2D eigenvalue weighted by Gasteiger charge is -2.14. The zero-order valence-corrected chi connectivity index (χ0v) is 18.1. The molecule has 0 fully saturated rings. The number of hydrogen-bond donors (Lipinski definition) is 1. The van der Waals surface area contributed by atoms with Crippen LogP contribution in [0.4, 0.5) is 0 Å². The maximum absolute atomic E-state index is 11.6. The van der Waals surface area contributed by atoms with E-state index >= 15 is 0 Å². The van der Waals surface area contributed by atoms with Crippen molar-refractivity contribution in [3.05, 3.63) is 12.2 Å². The van der Waals surface area contributed by atoms with Gasteiger partial charge >= 0.3 is 11.9 Å². The molecule has 0 amide bonds. The molecule has 0 aromatic rings. The highest BCUT2D eigenvalue weighted by atomic mass is 16.6. The van der Waals surface area contributed by atoms with Crippen molar-refractivity contribution in [1.29, 1.82) is 0 Å². The van der Waals surface area contributed by atoms with E-state index in [4.69, 9.17) is 14.6 Å². The number of aliphatic hydroxyl groups is 1. The van der Waals surface area contributed by atoms with Crippen LogP contribution < -0.4 is 0 Å². The number of carbonyl (C=O) groups excluding carboxylic acids is 2. The summed E-state index contributed by atoms with van der Waals surface area (Å²) >= 11 is 0. The summed E-state index contributed by atoms with van der Waals surface area (Å²) in [4.78, 5) is 22.4. The predicted molar refractivity (Wildman–Crippen MR) is 113 cm³/mol. The Balaban J connectivity index is 3.39. The number of ether oxygens (including phenoxy) is 2. The highest BCUT2D eigenvalue weighted by Crippen LogP contribution is 2.10. The van der Waals surface area contributed by atoms with Gasteiger partial charge in [-0.1, -0.05) is 70.4 Å². The number of esters is 2. The average Bonchev–Trinajstić information content (AvgIpc) is 2.67. The van der Waals surface area contributed by atoms with Crippen LogP contribution >= 0.6 is 0 Å². The molecule has 0 heterocycles. The highest BCUT2D eigenvalue weighted by Gasteiger charge is 2.13. The summed E-state index contributed by atoms with van der Waals surface area (Å²) in [7, 11) is 0. The standard InChI is InChI=1S/C23H42O5/c1-3-4-5-6-7-8-9-10-11-12-13-14-15-16-17-18-23(26)27-20-22(19-24)28-21(2)25/h10-11,22,24H,3-9,12-20H2,1-2H3/t22-/m0/s1. The van der Waals surface area contributed by atoms with Crippen LogP contribution in [-0.4, -0.2) is 36.4 Å². The Morgan fingerprint density at radius 1 is 0.857 bits per heavy atom. The van der Waals surface area contributed by atoms with E-state index < -0.39 is 12.1 Å². The number of rotatable bonds is 19. The molecule has 0 radical (unpaired) electrons. The van der Waals surface area contributed by atoms with Crippen LogP contribution in [0.25, 0.3) is 0 Å². The van der Waals surface area contributed by atoms with Crippen molar-refractivity contribution in [2.75, 3.05) is 13.2 Å². The molecule has 164 valence electrons. The Hall–Kier alpha value is -1.36. The van der Waals surface area contributed by atoms with E-state index in [1.807, 2.05) is 0 Å². The lowest BCUT2D eigenvalue weighted by atomic mass is 10.1. The summed E-state index contributed by atoms with van der Waals surface area (Å²) in [6.07, 6.45) is 20.1. The van der Waals surface area contributed by atoms with E-state index in [0.29, 0.717) is 6.42 Å². The molecule has 1 atom stereocenters. The molecule has 28 heavy (non-hydrogen) atoms. The minimum atomic E-state index is -0.768. The predicted octanol–water partition coefficient (Wildman–Crippen LogP) is 5.49. The quantitative estimate of drug-likeness (QED) is 0.177. The third kappa shape index (κ3) is 19.4. The SMILES string of the molecule is CCCCCCCCC=CCCCCCCCC(=O)OC[C@H](CO)OC(C)=O. The first-order chi connectivity index (χ1) is 13.6. The maximum Gasteiger partial charge on any atom is 0.305 e. The van der Waals surface area contributed by atoms with Crippen molar-refractivity contribution in [2.45, 2.75) is 110 Å². The zero-order valence-electron chi connectivity index (χ0n) is 18.1.